The number of aliphatic hydroxyl groups excluding tert-OH is 1. The van der Waals surface area contributed by atoms with Gasteiger partial charge in [-0.05, 0) is 60.7 Å². The van der Waals surface area contributed by atoms with E-state index in [1.165, 1.54) is 11.1 Å². The van der Waals surface area contributed by atoms with E-state index in [0.717, 1.165) is 36.9 Å². The van der Waals surface area contributed by atoms with Gasteiger partial charge in [-0.2, -0.15) is 0 Å². The summed E-state index contributed by atoms with van der Waals surface area (Å²) in [5.41, 5.74) is 4.41. The molecule has 1 aliphatic rings. The van der Waals surface area contributed by atoms with Gasteiger partial charge in [-0.3, -0.25) is 15.1 Å². The number of anilines is 1. The second-order valence-corrected chi connectivity index (χ2v) is 8.38. The highest BCUT2D eigenvalue weighted by molar-refractivity contribution is 5.96. The molecule has 0 spiro atoms. The van der Waals surface area contributed by atoms with E-state index in [1.54, 1.807) is 18.5 Å². The van der Waals surface area contributed by atoms with Crippen LogP contribution in [0.3, 0.4) is 0 Å². The molecule has 0 aliphatic carbocycles. The second kappa shape index (κ2) is 11.5. The molecule has 0 radical (unpaired) electrons. The summed E-state index contributed by atoms with van der Waals surface area (Å²) in [5, 5.41) is 13.1. The minimum atomic E-state index is -0.695. The maximum absolute atomic E-state index is 13.2. The third-order valence-electron chi connectivity index (χ3n) is 6.01. The lowest BCUT2D eigenvalue weighted by molar-refractivity contribution is -0.119. The zero-order valence-corrected chi connectivity index (χ0v) is 18.8. The summed E-state index contributed by atoms with van der Waals surface area (Å²) in [6.45, 7) is 0.700. The number of hydrogen-bond donors (Lipinski definition) is 2. The van der Waals surface area contributed by atoms with Gasteiger partial charge in [0, 0.05) is 24.5 Å². The van der Waals surface area contributed by atoms with Crippen LogP contribution in [0.4, 0.5) is 5.69 Å². The van der Waals surface area contributed by atoms with Crippen LogP contribution in [0.15, 0.2) is 85.2 Å². The zero-order valence-electron chi connectivity index (χ0n) is 18.8. The van der Waals surface area contributed by atoms with E-state index in [0.29, 0.717) is 13.0 Å². The van der Waals surface area contributed by atoms with E-state index >= 15 is 0 Å². The normalized spacial score (nSPS) is 16.2. The maximum Gasteiger partial charge on any atom is 0.227 e. The molecule has 5 nitrogen and oxygen atoms in total. The summed E-state index contributed by atoms with van der Waals surface area (Å²) in [5.74, 6) is 0.182. The number of nitrogens with zero attached hydrogens (tertiary/aromatic N) is 2. The van der Waals surface area contributed by atoms with Crippen LogP contribution in [0.5, 0.6) is 0 Å². The minimum absolute atomic E-state index is 0.0690. The van der Waals surface area contributed by atoms with Gasteiger partial charge < -0.3 is 10.0 Å². The monoisotopic (exact) mass is 441 g/mol. The summed E-state index contributed by atoms with van der Waals surface area (Å²) in [7, 11) is 0. The maximum atomic E-state index is 13.2. The Hall–Kier alpha value is -3.28. The van der Waals surface area contributed by atoms with Gasteiger partial charge >= 0.3 is 0 Å². The summed E-state index contributed by atoms with van der Waals surface area (Å²) in [4.78, 5) is 19.3. The van der Waals surface area contributed by atoms with Gasteiger partial charge in [0.15, 0.2) is 0 Å². The number of carbonyl (C=O) groups excluding carboxylic acids is 1. The number of rotatable bonds is 10. The lowest BCUT2D eigenvalue weighted by Gasteiger charge is -2.26. The number of fused-ring (bicyclic) bond motifs is 1. The minimum Gasteiger partial charge on any atom is -0.375 e. The largest absolute Gasteiger partial charge is 0.375 e. The van der Waals surface area contributed by atoms with Crippen molar-refractivity contribution in [1.82, 2.24) is 10.3 Å². The number of hydrogen-bond acceptors (Lipinski definition) is 4. The number of amides is 1. The van der Waals surface area contributed by atoms with E-state index in [4.69, 9.17) is 0 Å². The molecule has 2 N–H and O–H groups in total. The van der Waals surface area contributed by atoms with Crippen molar-refractivity contribution in [3.8, 4) is 0 Å². The fraction of sp³-hybridized carbons (Fsp3) is 0.286. The Labute approximate surface area is 195 Å². The number of aliphatic hydroxyl groups is 1. The quantitative estimate of drug-likeness (QED) is 0.347. The SMILES string of the molecule is O=C(CCCCCNC(O)/C=C/c1cccnc1)N1c2ccccc2CC1c1ccccc1. The van der Waals surface area contributed by atoms with Gasteiger partial charge in [-0.25, -0.2) is 0 Å². The number of benzene rings is 2. The zero-order chi connectivity index (χ0) is 22.9. The summed E-state index contributed by atoms with van der Waals surface area (Å²) in [6.07, 6.45) is 10.4. The molecule has 2 unspecified atom stereocenters. The molecule has 2 heterocycles. The van der Waals surface area contributed by atoms with Crippen molar-refractivity contribution in [3.63, 3.8) is 0 Å². The second-order valence-electron chi connectivity index (χ2n) is 8.38. The Morgan fingerprint density at radius 2 is 1.88 bits per heavy atom. The molecule has 2 atom stereocenters. The molecule has 1 amide bonds. The Bertz CT molecular complexity index is 1050. The molecule has 3 aromatic rings. The van der Waals surface area contributed by atoms with E-state index in [9.17, 15) is 9.90 Å². The molecule has 5 heteroatoms. The number of nitrogens with one attached hydrogen (secondary N) is 1. The highest BCUT2D eigenvalue weighted by Gasteiger charge is 2.33. The molecule has 1 aromatic heterocycles. The van der Waals surface area contributed by atoms with Crippen LogP contribution in [-0.4, -0.2) is 28.8 Å². The smallest absolute Gasteiger partial charge is 0.227 e. The standard InChI is InChI=1S/C28H31N3O2/c32-27(17-16-22-10-9-18-29-21-22)30-19-8-2-5-15-28(33)31-25-14-7-6-13-24(25)20-26(31)23-11-3-1-4-12-23/h1,3-4,6-7,9-14,16-18,21,26-27,30,32H,2,5,8,15,19-20H2/b17-16+. The number of unbranched alkanes of at least 4 members (excludes halogenated alkanes) is 2. The van der Waals surface area contributed by atoms with Crippen LogP contribution in [0, 0.1) is 0 Å². The van der Waals surface area contributed by atoms with Gasteiger partial charge in [0.05, 0.1) is 6.04 Å². The van der Waals surface area contributed by atoms with E-state index in [-0.39, 0.29) is 11.9 Å². The fourth-order valence-electron chi connectivity index (χ4n) is 4.33. The predicted octanol–water partition coefficient (Wildman–Crippen LogP) is 4.89. The van der Waals surface area contributed by atoms with Crippen LogP contribution < -0.4 is 10.2 Å². The van der Waals surface area contributed by atoms with E-state index in [1.807, 2.05) is 53.4 Å². The molecule has 2 aromatic carbocycles. The summed E-state index contributed by atoms with van der Waals surface area (Å²) < 4.78 is 0. The average Bonchev–Trinajstić information content (AvgIpc) is 3.26. The molecule has 0 saturated heterocycles. The molecule has 0 bridgehead atoms. The van der Waals surface area contributed by atoms with E-state index < -0.39 is 6.23 Å². The Morgan fingerprint density at radius 1 is 1.06 bits per heavy atom. The molecular formula is C28H31N3O2. The first-order chi connectivity index (χ1) is 16.2. The van der Waals surface area contributed by atoms with Crippen molar-refractivity contribution in [1.29, 1.82) is 0 Å². The average molecular weight is 442 g/mol. The van der Waals surface area contributed by atoms with Crippen molar-refractivity contribution in [3.05, 3.63) is 102 Å². The molecular weight excluding hydrogens is 410 g/mol. The van der Waals surface area contributed by atoms with Crippen molar-refractivity contribution in [2.24, 2.45) is 0 Å². The molecule has 0 fully saturated rings. The third-order valence-corrected chi connectivity index (χ3v) is 6.01. The molecule has 1 aliphatic heterocycles. The number of pyridine rings is 1. The van der Waals surface area contributed by atoms with Crippen LogP contribution in [-0.2, 0) is 11.2 Å². The first kappa shape index (κ1) is 22.9. The van der Waals surface area contributed by atoms with Gasteiger partial charge in [0.2, 0.25) is 5.91 Å². The Kier molecular flexibility index (Phi) is 8.01. The molecule has 33 heavy (non-hydrogen) atoms. The highest BCUT2D eigenvalue weighted by Crippen LogP contribution is 2.40. The van der Waals surface area contributed by atoms with Crippen molar-refractivity contribution < 1.29 is 9.90 Å². The number of carbonyl (C=O) groups is 1. The number of para-hydroxylation sites is 1. The Balaban J connectivity index is 1.23. The fourth-order valence-corrected chi connectivity index (χ4v) is 4.33. The van der Waals surface area contributed by atoms with Crippen molar-refractivity contribution in [2.75, 3.05) is 11.4 Å². The lowest BCUT2D eigenvalue weighted by atomic mass is 10.0. The topological polar surface area (TPSA) is 65.5 Å². The van der Waals surface area contributed by atoms with Crippen molar-refractivity contribution >= 4 is 17.7 Å². The van der Waals surface area contributed by atoms with Gasteiger partial charge in [0.25, 0.3) is 0 Å². The first-order valence-electron chi connectivity index (χ1n) is 11.7. The van der Waals surface area contributed by atoms with Gasteiger partial charge in [-0.1, -0.05) is 67.1 Å². The lowest BCUT2D eigenvalue weighted by Crippen LogP contribution is -2.32. The highest BCUT2D eigenvalue weighted by atomic mass is 16.3. The van der Waals surface area contributed by atoms with Crippen LogP contribution in [0.25, 0.3) is 6.08 Å². The van der Waals surface area contributed by atoms with E-state index in [2.05, 4.69) is 34.6 Å². The molecule has 4 rings (SSSR count). The Morgan fingerprint density at radius 3 is 2.70 bits per heavy atom. The van der Waals surface area contributed by atoms with Crippen LogP contribution >= 0.6 is 0 Å². The van der Waals surface area contributed by atoms with Gasteiger partial charge in [-0.15, -0.1) is 0 Å². The summed E-state index contributed by atoms with van der Waals surface area (Å²) >= 11 is 0. The number of aromatic nitrogens is 1. The van der Waals surface area contributed by atoms with Crippen molar-refractivity contribution in [2.45, 2.75) is 44.4 Å². The predicted molar refractivity (Wildman–Crippen MR) is 133 cm³/mol. The molecule has 170 valence electrons. The molecule has 0 saturated carbocycles. The van der Waals surface area contributed by atoms with Crippen LogP contribution in [0.2, 0.25) is 0 Å². The summed E-state index contributed by atoms with van der Waals surface area (Å²) in [6, 6.07) is 22.4. The van der Waals surface area contributed by atoms with Crippen LogP contribution in [0.1, 0.15) is 48.4 Å². The third kappa shape index (κ3) is 6.15. The first-order valence-corrected chi connectivity index (χ1v) is 11.7. The van der Waals surface area contributed by atoms with Gasteiger partial charge in [0.1, 0.15) is 6.23 Å².